The molecule has 0 aromatic carbocycles. The Kier molecular flexibility index (Phi) is 5.06. The highest BCUT2D eigenvalue weighted by Gasteiger charge is 2.12. The summed E-state index contributed by atoms with van der Waals surface area (Å²) in [7, 11) is 0. The van der Waals surface area contributed by atoms with Crippen molar-refractivity contribution >= 4 is 27.2 Å². The second kappa shape index (κ2) is 7.65. The van der Waals surface area contributed by atoms with E-state index in [9.17, 15) is 9.59 Å². The molecule has 0 radical (unpaired) electrons. The van der Waals surface area contributed by atoms with Gasteiger partial charge >= 0.3 is 0 Å². The lowest BCUT2D eigenvalue weighted by molar-refractivity contribution is 0.248. The molecule has 0 aliphatic rings. The first kappa shape index (κ1) is 18.5. The molecule has 4 heterocycles. The lowest BCUT2D eigenvalue weighted by Gasteiger charge is -2.20. The molecule has 28 heavy (non-hydrogen) atoms. The summed E-state index contributed by atoms with van der Waals surface area (Å²) in [5.74, 6) is 0.623. The van der Waals surface area contributed by atoms with E-state index in [1.165, 1.54) is 11.3 Å². The molecule has 0 aliphatic carbocycles. The summed E-state index contributed by atoms with van der Waals surface area (Å²) in [4.78, 5) is 38.9. The van der Waals surface area contributed by atoms with Gasteiger partial charge in [0.05, 0.1) is 17.8 Å². The number of fused-ring (bicyclic) bond motifs is 2. The van der Waals surface area contributed by atoms with E-state index in [1.807, 2.05) is 30.5 Å². The third kappa shape index (κ3) is 3.74. The van der Waals surface area contributed by atoms with Crippen molar-refractivity contribution in [3.63, 3.8) is 0 Å². The summed E-state index contributed by atoms with van der Waals surface area (Å²) in [6.45, 7) is 5.85. The van der Waals surface area contributed by atoms with Crippen LogP contribution in [-0.2, 0) is 13.1 Å². The first-order valence-corrected chi connectivity index (χ1v) is 10.1. The summed E-state index contributed by atoms with van der Waals surface area (Å²) >= 11 is 1.39. The van der Waals surface area contributed by atoms with Crippen molar-refractivity contribution < 1.29 is 0 Å². The number of aryl methyl sites for hydroxylation is 1. The topological polar surface area (TPSA) is 83.4 Å². The molecule has 0 atom stereocenters. The molecule has 8 heteroatoms. The minimum Gasteiger partial charge on any atom is -0.308 e. The second-order valence-corrected chi connectivity index (χ2v) is 7.79. The number of aromatic nitrogens is 4. The van der Waals surface area contributed by atoms with E-state index in [1.54, 1.807) is 16.7 Å². The molecule has 0 saturated heterocycles. The Morgan fingerprint density at radius 2 is 2.04 bits per heavy atom. The molecule has 7 nitrogen and oxygen atoms in total. The number of aromatic amines is 1. The zero-order valence-corrected chi connectivity index (χ0v) is 16.6. The van der Waals surface area contributed by atoms with Crippen LogP contribution < -0.4 is 11.1 Å². The average Bonchev–Trinajstić information content (AvgIpc) is 3.12. The quantitative estimate of drug-likeness (QED) is 0.543. The standard InChI is InChI=1S/C20H21N5O2S/c1-3-7-24(12-16-22-15-6-8-28-19(15)20(27)23-16)11-14-9-18(26)25-10-13(2)4-5-17(25)21-14/h4-6,8-10H,3,7,11-12H2,1-2H3,(H,22,23,27). The zero-order valence-electron chi connectivity index (χ0n) is 15.8. The van der Waals surface area contributed by atoms with Gasteiger partial charge in [-0.25, -0.2) is 9.97 Å². The molecule has 0 saturated carbocycles. The second-order valence-electron chi connectivity index (χ2n) is 6.88. The number of thiophene rings is 1. The van der Waals surface area contributed by atoms with E-state index in [4.69, 9.17) is 0 Å². The summed E-state index contributed by atoms with van der Waals surface area (Å²) in [5.41, 5.74) is 2.88. The fourth-order valence-corrected chi connectivity index (χ4v) is 4.03. The molecule has 4 aromatic rings. The number of H-pyrrole nitrogens is 1. The monoisotopic (exact) mass is 395 g/mol. The highest BCUT2D eigenvalue weighted by Crippen LogP contribution is 2.15. The van der Waals surface area contributed by atoms with Crippen LogP contribution in [0.2, 0.25) is 0 Å². The molecule has 4 rings (SSSR count). The average molecular weight is 395 g/mol. The van der Waals surface area contributed by atoms with Crippen LogP contribution in [0.15, 0.2) is 45.4 Å². The van der Waals surface area contributed by atoms with Crippen molar-refractivity contribution in [1.29, 1.82) is 0 Å². The van der Waals surface area contributed by atoms with Gasteiger partial charge in [-0.2, -0.15) is 0 Å². The Labute approximate surface area is 165 Å². The van der Waals surface area contributed by atoms with E-state index in [-0.39, 0.29) is 11.1 Å². The lowest BCUT2D eigenvalue weighted by atomic mass is 10.3. The van der Waals surface area contributed by atoms with Gasteiger partial charge in [-0.05, 0) is 43.0 Å². The number of hydrogen-bond acceptors (Lipinski definition) is 6. The normalized spacial score (nSPS) is 11.7. The van der Waals surface area contributed by atoms with E-state index in [0.717, 1.165) is 24.0 Å². The van der Waals surface area contributed by atoms with Crippen LogP contribution in [0.3, 0.4) is 0 Å². The zero-order chi connectivity index (χ0) is 19.7. The fourth-order valence-electron chi connectivity index (χ4n) is 3.31. The number of nitrogens with zero attached hydrogens (tertiary/aromatic N) is 4. The van der Waals surface area contributed by atoms with Crippen LogP contribution in [0.4, 0.5) is 0 Å². The maximum absolute atomic E-state index is 12.5. The Hall–Kier alpha value is -2.84. The van der Waals surface area contributed by atoms with Crippen molar-refractivity contribution in [1.82, 2.24) is 24.3 Å². The van der Waals surface area contributed by atoms with Gasteiger partial charge in [-0.3, -0.25) is 18.9 Å². The highest BCUT2D eigenvalue weighted by molar-refractivity contribution is 7.17. The van der Waals surface area contributed by atoms with Crippen molar-refractivity contribution in [2.24, 2.45) is 0 Å². The molecular formula is C20H21N5O2S. The SMILES string of the molecule is CCCN(Cc1cc(=O)n2cc(C)ccc2n1)Cc1nc2ccsc2c(=O)[nH]1. The number of hydrogen-bond donors (Lipinski definition) is 1. The first-order chi connectivity index (χ1) is 13.5. The van der Waals surface area contributed by atoms with Crippen molar-refractivity contribution in [2.45, 2.75) is 33.4 Å². The molecule has 0 amide bonds. The van der Waals surface area contributed by atoms with Gasteiger partial charge in [0.15, 0.2) is 0 Å². The van der Waals surface area contributed by atoms with Crippen LogP contribution >= 0.6 is 11.3 Å². The molecule has 0 fully saturated rings. The molecule has 4 aromatic heterocycles. The van der Waals surface area contributed by atoms with Gasteiger partial charge in [-0.1, -0.05) is 13.0 Å². The minimum absolute atomic E-state index is 0.0913. The van der Waals surface area contributed by atoms with Crippen molar-refractivity contribution in [3.8, 4) is 0 Å². The Morgan fingerprint density at radius 3 is 2.86 bits per heavy atom. The number of rotatable bonds is 6. The van der Waals surface area contributed by atoms with E-state index >= 15 is 0 Å². The first-order valence-electron chi connectivity index (χ1n) is 9.21. The van der Waals surface area contributed by atoms with E-state index in [0.29, 0.717) is 35.0 Å². The Balaban J connectivity index is 1.63. The predicted octanol–water partition coefficient (Wildman–Crippen LogP) is 2.71. The van der Waals surface area contributed by atoms with Gasteiger partial charge in [0, 0.05) is 18.8 Å². The highest BCUT2D eigenvalue weighted by atomic mass is 32.1. The molecule has 0 spiro atoms. The van der Waals surface area contributed by atoms with Crippen LogP contribution in [-0.4, -0.2) is 30.8 Å². The van der Waals surface area contributed by atoms with Crippen LogP contribution in [0, 0.1) is 6.92 Å². The number of nitrogens with one attached hydrogen (secondary N) is 1. The van der Waals surface area contributed by atoms with Crippen LogP contribution in [0.5, 0.6) is 0 Å². The largest absolute Gasteiger partial charge is 0.308 e. The van der Waals surface area contributed by atoms with Crippen molar-refractivity contribution in [2.75, 3.05) is 6.54 Å². The molecule has 0 aliphatic heterocycles. The lowest BCUT2D eigenvalue weighted by Crippen LogP contribution is -2.28. The van der Waals surface area contributed by atoms with E-state index in [2.05, 4.69) is 26.8 Å². The molecule has 144 valence electrons. The Bertz CT molecular complexity index is 1260. The van der Waals surface area contributed by atoms with Crippen LogP contribution in [0.25, 0.3) is 15.9 Å². The summed E-state index contributed by atoms with van der Waals surface area (Å²) in [6.07, 6.45) is 2.74. The van der Waals surface area contributed by atoms with Crippen LogP contribution in [0.1, 0.15) is 30.4 Å². The molecule has 0 unspecified atom stereocenters. The van der Waals surface area contributed by atoms with Crippen molar-refractivity contribution in [3.05, 3.63) is 73.6 Å². The fraction of sp³-hybridized carbons (Fsp3) is 0.300. The maximum Gasteiger partial charge on any atom is 0.268 e. The third-order valence-electron chi connectivity index (χ3n) is 4.52. The number of pyridine rings is 1. The van der Waals surface area contributed by atoms with Gasteiger partial charge in [-0.15, -0.1) is 11.3 Å². The predicted molar refractivity (Wildman–Crippen MR) is 111 cm³/mol. The summed E-state index contributed by atoms with van der Waals surface area (Å²) < 4.78 is 2.21. The van der Waals surface area contributed by atoms with Gasteiger partial charge in [0.25, 0.3) is 11.1 Å². The minimum atomic E-state index is -0.108. The van der Waals surface area contributed by atoms with Gasteiger partial charge in [0.2, 0.25) is 0 Å². The smallest absolute Gasteiger partial charge is 0.268 e. The molecule has 0 bridgehead atoms. The molecular weight excluding hydrogens is 374 g/mol. The van der Waals surface area contributed by atoms with Gasteiger partial charge in [0.1, 0.15) is 16.2 Å². The van der Waals surface area contributed by atoms with E-state index < -0.39 is 0 Å². The Morgan fingerprint density at radius 1 is 1.18 bits per heavy atom. The summed E-state index contributed by atoms with van der Waals surface area (Å²) in [5, 5.41) is 1.87. The molecule has 1 N–H and O–H groups in total. The maximum atomic E-state index is 12.5. The third-order valence-corrected chi connectivity index (χ3v) is 5.43. The van der Waals surface area contributed by atoms with Gasteiger partial charge < -0.3 is 4.98 Å². The summed E-state index contributed by atoms with van der Waals surface area (Å²) in [6, 6.07) is 7.23.